The summed E-state index contributed by atoms with van der Waals surface area (Å²) in [5.74, 6) is 1.40. The molecule has 0 aliphatic heterocycles. The summed E-state index contributed by atoms with van der Waals surface area (Å²) in [6, 6.07) is 7.20. The second-order valence-electron chi connectivity index (χ2n) is 8.67. The zero-order valence-corrected chi connectivity index (χ0v) is 21.5. The summed E-state index contributed by atoms with van der Waals surface area (Å²) in [6.45, 7) is 6.54. The van der Waals surface area contributed by atoms with Crippen LogP contribution in [0.3, 0.4) is 0 Å². The lowest BCUT2D eigenvalue weighted by atomic mass is 10.1. The van der Waals surface area contributed by atoms with E-state index in [4.69, 9.17) is 14.2 Å². The Morgan fingerprint density at radius 1 is 0.771 bits per heavy atom. The van der Waals surface area contributed by atoms with Gasteiger partial charge in [-0.2, -0.15) is 0 Å². The Balaban J connectivity index is 1.66. The van der Waals surface area contributed by atoms with Crippen LogP contribution in [0.5, 0.6) is 11.5 Å². The fourth-order valence-electron chi connectivity index (χ4n) is 3.50. The smallest absolute Gasteiger partial charge is 0.335 e. The second-order valence-corrected chi connectivity index (χ2v) is 8.67. The number of hydrogen-bond donors (Lipinski definition) is 0. The van der Waals surface area contributed by atoms with Gasteiger partial charge >= 0.3 is 5.97 Å². The SMILES string of the molecule is CCCCCCCCC/C=C/C(=O)Oc1ccc(-c2ncc(OCCCCOCCC)cn2)cc1. The van der Waals surface area contributed by atoms with Gasteiger partial charge in [0, 0.05) is 24.9 Å². The first-order chi connectivity index (χ1) is 17.2. The molecule has 0 fully saturated rings. The van der Waals surface area contributed by atoms with Crippen molar-refractivity contribution in [3.05, 3.63) is 48.8 Å². The van der Waals surface area contributed by atoms with E-state index in [0.29, 0.717) is 23.9 Å². The molecule has 0 saturated heterocycles. The van der Waals surface area contributed by atoms with Gasteiger partial charge < -0.3 is 14.2 Å². The Morgan fingerprint density at radius 2 is 1.46 bits per heavy atom. The van der Waals surface area contributed by atoms with Gasteiger partial charge in [-0.05, 0) is 56.4 Å². The first-order valence-electron chi connectivity index (χ1n) is 13.2. The van der Waals surface area contributed by atoms with E-state index in [-0.39, 0.29) is 5.97 Å². The molecule has 0 bridgehead atoms. The lowest BCUT2D eigenvalue weighted by Crippen LogP contribution is -2.03. The van der Waals surface area contributed by atoms with Gasteiger partial charge in [-0.3, -0.25) is 0 Å². The minimum atomic E-state index is -0.352. The zero-order valence-electron chi connectivity index (χ0n) is 21.5. The number of nitrogens with zero attached hydrogens (tertiary/aromatic N) is 2. The molecule has 6 nitrogen and oxygen atoms in total. The van der Waals surface area contributed by atoms with E-state index in [1.807, 2.05) is 18.2 Å². The molecule has 0 unspecified atom stereocenters. The Bertz CT molecular complexity index is 835. The number of esters is 1. The van der Waals surface area contributed by atoms with E-state index in [9.17, 15) is 4.79 Å². The summed E-state index contributed by atoms with van der Waals surface area (Å²) in [7, 11) is 0. The van der Waals surface area contributed by atoms with Gasteiger partial charge in [0.2, 0.25) is 0 Å². The molecule has 6 heteroatoms. The van der Waals surface area contributed by atoms with Crippen molar-refractivity contribution in [3.63, 3.8) is 0 Å². The molecule has 0 atom stereocenters. The summed E-state index contributed by atoms with van der Waals surface area (Å²) >= 11 is 0. The summed E-state index contributed by atoms with van der Waals surface area (Å²) in [5, 5.41) is 0. The number of carbonyl (C=O) groups excluding carboxylic acids is 1. The van der Waals surface area contributed by atoms with Gasteiger partial charge in [-0.1, -0.05) is 58.4 Å². The number of benzene rings is 1. The van der Waals surface area contributed by atoms with E-state index < -0.39 is 0 Å². The van der Waals surface area contributed by atoms with Gasteiger partial charge in [0.05, 0.1) is 19.0 Å². The molecule has 1 aromatic heterocycles. The van der Waals surface area contributed by atoms with Crippen LogP contribution in [-0.2, 0) is 9.53 Å². The average Bonchev–Trinajstić information content (AvgIpc) is 2.88. The Labute approximate surface area is 211 Å². The van der Waals surface area contributed by atoms with E-state index in [1.165, 1.54) is 44.6 Å². The first-order valence-corrected chi connectivity index (χ1v) is 13.2. The summed E-state index contributed by atoms with van der Waals surface area (Å²) in [4.78, 5) is 20.8. The molecule has 0 radical (unpaired) electrons. The molecule has 192 valence electrons. The molecule has 35 heavy (non-hydrogen) atoms. The first kappa shape index (κ1) is 28.5. The molecule has 0 saturated carbocycles. The average molecular weight is 483 g/mol. The standard InChI is InChI=1S/C29H42N2O4/c1-3-5-6-7-8-9-10-11-12-15-28(32)35-26-18-16-25(17-19-26)29-30-23-27(24-31-29)34-22-14-13-21-33-20-4-2/h12,15-19,23-24H,3-11,13-14,20-22H2,1-2H3/b15-12+. The third-order valence-electron chi connectivity index (χ3n) is 5.49. The lowest BCUT2D eigenvalue weighted by molar-refractivity contribution is -0.129. The number of unbranched alkanes of at least 4 members (excludes halogenated alkanes) is 8. The molecule has 0 amide bonds. The lowest BCUT2D eigenvalue weighted by Gasteiger charge is -2.07. The van der Waals surface area contributed by atoms with E-state index in [1.54, 1.807) is 24.5 Å². The fourth-order valence-corrected chi connectivity index (χ4v) is 3.50. The maximum absolute atomic E-state index is 12.0. The minimum absolute atomic E-state index is 0.352. The van der Waals surface area contributed by atoms with Crippen molar-refractivity contribution in [2.75, 3.05) is 19.8 Å². The van der Waals surface area contributed by atoms with Crippen molar-refractivity contribution >= 4 is 5.97 Å². The van der Waals surface area contributed by atoms with Crippen LogP contribution in [0, 0.1) is 0 Å². The maximum atomic E-state index is 12.0. The van der Waals surface area contributed by atoms with Gasteiger partial charge in [0.15, 0.2) is 11.6 Å². The van der Waals surface area contributed by atoms with Crippen molar-refractivity contribution in [1.29, 1.82) is 0 Å². The van der Waals surface area contributed by atoms with Crippen LogP contribution < -0.4 is 9.47 Å². The fraction of sp³-hybridized carbons (Fsp3) is 0.552. The predicted octanol–water partition coefficient (Wildman–Crippen LogP) is 7.33. The second kappa shape index (κ2) is 18.6. The Morgan fingerprint density at radius 3 is 2.17 bits per heavy atom. The van der Waals surface area contributed by atoms with Crippen LogP contribution in [0.2, 0.25) is 0 Å². The van der Waals surface area contributed by atoms with E-state index >= 15 is 0 Å². The van der Waals surface area contributed by atoms with Gasteiger partial charge in [-0.15, -0.1) is 0 Å². The highest BCUT2D eigenvalue weighted by molar-refractivity contribution is 5.84. The van der Waals surface area contributed by atoms with Crippen molar-refractivity contribution in [2.45, 2.75) is 84.5 Å². The molecule has 1 heterocycles. The quantitative estimate of drug-likeness (QED) is 0.0903. The number of ether oxygens (including phenoxy) is 3. The summed E-state index contributed by atoms with van der Waals surface area (Å²) in [5.41, 5.74) is 0.846. The van der Waals surface area contributed by atoms with Crippen LogP contribution in [0.15, 0.2) is 48.8 Å². The topological polar surface area (TPSA) is 70.5 Å². The third-order valence-corrected chi connectivity index (χ3v) is 5.49. The number of carbonyl (C=O) groups is 1. The molecule has 2 aromatic rings. The largest absolute Gasteiger partial charge is 0.490 e. The number of rotatable bonds is 19. The molecule has 0 spiro atoms. The highest BCUT2D eigenvalue weighted by Gasteiger charge is 2.05. The van der Waals surface area contributed by atoms with Crippen LogP contribution >= 0.6 is 0 Å². The predicted molar refractivity (Wildman–Crippen MR) is 141 cm³/mol. The normalized spacial score (nSPS) is 11.1. The Kier molecular flexibility index (Phi) is 15.1. The summed E-state index contributed by atoms with van der Waals surface area (Å²) in [6.07, 6.45) is 19.5. The third kappa shape index (κ3) is 13.1. The van der Waals surface area contributed by atoms with Crippen LogP contribution in [0.25, 0.3) is 11.4 Å². The Hall–Kier alpha value is -2.73. The van der Waals surface area contributed by atoms with E-state index in [2.05, 4.69) is 23.8 Å². The highest BCUT2D eigenvalue weighted by atomic mass is 16.5. The van der Waals surface area contributed by atoms with E-state index in [0.717, 1.165) is 50.9 Å². The van der Waals surface area contributed by atoms with Gasteiger partial charge in [0.1, 0.15) is 5.75 Å². The molecular weight excluding hydrogens is 440 g/mol. The monoisotopic (exact) mass is 482 g/mol. The molecule has 0 aliphatic carbocycles. The molecule has 1 aromatic carbocycles. The molecule has 0 N–H and O–H groups in total. The van der Waals surface area contributed by atoms with Gasteiger partial charge in [-0.25, -0.2) is 14.8 Å². The van der Waals surface area contributed by atoms with Gasteiger partial charge in [0.25, 0.3) is 0 Å². The minimum Gasteiger partial charge on any atom is -0.490 e. The van der Waals surface area contributed by atoms with Crippen LogP contribution in [0.4, 0.5) is 0 Å². The van der Waals surface area contributed by atoms with Crippen molar-refractivity contribution in [2.24, 2.45) is 0 Å². The maximum Gasteiger partial charge on any atom is 0.335 e. The molecule has 2 rings (SSSR count). The number of aromatic nitrogens is 2. The number of hydrogen-bond acceptors (Lipinski definition) is 6. The van der Waals surface area contributed by atoms with Crippen molar-refractivity contribution in [3.8, 4) is 22.9 Å². The van der Waals surface area contributed by atoms with Crippen molar-refractivity contribution in [1.82, 2.24) is 9.97 Å². The van der Waals surface area contributed by atoms with Crippen molar-refractivity contribution < 1.29 is 19.0 Å². The van der Waals surface area contributed by atoms with Crippen LogP contribution in [-0.4, -0.2) is 35.8 Å². The summed E-state index contributed by atoms with van der Waals surface area (Å²) < 4.78 is 16.5. The van der Waals surface area contributed by atoms with Crippen LogP contribution in [0.1, 0.15) is 84.5 Å². The highest BCUT2D eigenvalue weighted by Crippen LogP contribution is 2.20. The molecular formula is C29H42N2O4. The molecule has 0 aliphatic rings. The zero-order chi connectivity index (χ0) is 25.0. The number of allylic oxidation sites excluding steroid dienone is 1.